The highest BCUT2D eigenvalue weighted by Crippen LogP contribution is 2.58. The number of aliphatic carboxylic acids is 1. The van der Waals surface area contributed by atoms with Crippen molar-refractivity contribution < 1.29 is 9.90 Å². The third-order valence-electron chi connectivity index (χ3n) is 5.58. The number of rotatable bonds is 9. The molecule has 4 aliphatic rings. The highest BCUT2D eigenvalue weighted by molar-refractivity contribution is 5.67. The molecule has 4 unspecified atom stereocenters. The molecule has 0 radical (unpaired) electrons. The van der Waals surface area contributed by atoms with E-state index in [2.05, 4.69) is 27.4 Å². The van der Waals surface area contributed by atoms with Gasteiger partial charge in [-0.05, 0) is 18.3 Å². The fraction of sp³-hybridized carbons (Fsp3) is 0.938. The minimum atomic E-state index is -0.702. The average Bonchev–Trinajstić information content (AvgIpc) is 2.52. The van der Waals surface area contributed by atoms with Gasteiger partial charge in [-0.1, -0.05) is 45.4 Å². The second-order valence-electron chi connectivity index (χ2n) is 6.93. The minimum Gasteiger partial charge on any atom is -0.481 e. The zero-order valence-electron chi connectivity index (χ0n) is 13.3. The lowest BCUT2D eigenvalue weighted by Gasteiger charge is -2.56. The molecule has 2 bridgehead atoms. The number of unbranched alkanes of at least 4 members (excludes halogenated alkanes) is 5. The van der Waals surface area contributed by atoms with Crippen LogP contribution in [0.5, 0.6) is 0 Å². The molecule has 4 rings (SSSR count). The van der Waals surface area contributed by atoms with Crippen LogP contribution in [0, 0.1) is 23.7 Å². The summed E-state index contributed by atoms with van der Waals surface area (Å²) < 4.78 is 0. The molecule has 3 heterocycles. The molecular formula is C16H26N4O2. The van der Waals surface area contributed by atoms with Gasteiger partial charge >= 0.3 is 5.97 Å². The van der Waals surface area contributed by atoms with E-state index >= 15 is 0 Å². The molecule has 4 atom stereocenters. The van der Waals surface area contributed by atoms with Gasteiger partial charge in [-0.25, -0.2) is 0 Å². The van der Waals surface area contributed by atoms with Crippen LogP contribution in [0.15, 0.2) is 20.5 Å². The van der Waals surface area contributed by atoms with Crippen LogP contribution in [0.2, 0.25) is 0 Å². The van der Waals surface area contributed by atoms with E-state index in [-0.39, 0.29) is 30.6 Å². The molecule has 1 N–H and O–H groups in total. The van der Waals surface area contributed by atoms with Crippen molar-refractivity contribution >= 4 is 5.97 Å². The van der Waals surface area contributed by atoms with Crippen LogP contribution >= 0.6 is 0 Å². The Bertz CT molecular complexity index is 451. The standard InChI is InChI=1S/C16H26N4O2/c1-2-3-4-5-6-7-8-10-11(9-12(21)22)14-13(10)15-17-19-16(14)20-18-15/h10-11,13-16H,2-9H2,1H3,(H,21,22). The predicted molar refractivity (Wildman–Crippen MR) is 81.5 cm³/mol. The maximum atomic E-state index is 11.2. The van der Waals surface area contributed by atoms with Gasteiger partial charge in [0.1, 0.15) is 0 Å². The zero-order valence-corrected chi connectivity index (χ0v) is 13.3. The summed E-state index contributed by atoms with van der Waals surface area (Å²) in [5.41, 5.74) is 0. The number of carboxylic acids is 1. The molecule has 22 heavy (non-hydrogen) atoms. The molecule has 6 nitrogen and oxygen atoms in total. The van der Waals surface area contributed by atoms with Gasteiger partial charge in [0, 0.05) is 18.3 Å². The van der Waals surface area contributed by atoms with Gasteiger partial charge in [0.25, 0.3) is 0 Å². The second-order valence-corrected chi connectivity index (χ2v) is 6.93. The van der Waals surface area contributed by atoms with Gasteiger partial charge < -0.3 is 5.11 Å². The molecule has 1 fully saturated rings. The molecule has 3 aliphatic heterocycles. The van der Waals surface area contributed by atoms with E-state index in [0.29, 0.717) is 11.8 Å². The Labute approximate surface area is 131 Å². The Morgan fingerprint density at radius 1 is 0.864 bits per heavy atom. The molecule has 1 saturated carbocycles. The van der Waals surface area contributed by atoms with E-state index in [1.54, 1.807) is 0 Å². The largest absolute Gasteiger partial charge is 0.481 e. The van der Waals surface area contributed by atoms with Crippen LogP contribution in [0.4, 0.5) is 0 Å². The molecule has 0 saturated heterocycles. The van der Waals surface area contributed by atoms with Crippen molar-refractivity contribution in [1.29, 1.82) is 0 Å². The van der Waals surface area contributed by atoms with E-state index in [9.17, 15) is 9.90 Å². The lowest BCUT2D eigenvalue weighted by atomic mass is 9.51. The maximum Gasteiger partial charge on any atom is 0.303 e. The van der Waals surface area contributed by atoms with Crippen molar-refractivity contribution in [3.05, 3.63) is 0 Å². The van der Waals surface area contributed by atoms with Crippen molar-refractivity contribution in [2.45, 2.75) is 70.6 Å². The topological polar surface area (TPSA) is 86.7 Å². The van der Waals surface area contributed by atoms with Crippen LogP contribution < -0.4 is 0 Å². The fourth-order valence-corrected chi connectivity index (χ4v) is 4.52. The Morgan fingerprint density at radius 3 is 2.00 bits per heavy atom. The summed E-state index contributed by atoms with van der Waals surface area (Å²) in [5.74, 6) is 0.607. The second kappa shape index (κ2) is 6.84. The quantitative estimate of drug-likeness (QED) is 0.645. The molecule has 0 aromatic rings. The van der Waals surface area contributed by atoms with E-state index < -0.39 is 5.97 Å². The van der Waals surface area contributed by atoms with Crippen molar-refractivity contribution in [3.8, 4) is 0 Å². The van der Waals surface area contributed by atoms with Crippen LogP contribution in [0.25, 0.3) is 0 Å². The normalized spacial score (nSPS) is 37.9. The predicted octanol–water partition coefficient (Wildman–Crippen LogP) is 4.27. The lowest BCUT2D eigenvalue weighted by Crippen LogP contribution is -2.59. The molecule has 0 spiro atoms. The Kier molecular flexibility index (Phi) is 4.84. The van der Waals surface area contributed by atoms with Crippen molar-refractivity contribution in [2.75, 3.05) is 0 Å². The first kappa shape index (κ1) is 15.6. The SMILES string of the molecule is CCCCCCCCC1C(CC(=O)O)C2C3N=NC(N=N3)C12. The molecule has 6 heteroatoms. The highest BCUT2D eigenvalue weighted by Gasteiger charge is 2.60. The summed E-state index contributed by atoms with van der Waals surface area (Å²) in [6, 6.07) is 0. The van der Waals surface area contributed by atoms with Crippen molar-refractivity contribution in [2.24, 2.45) is 44.1 Å². The number of carbonyl (C=O) groups is 1. The number of hydrogen-bond acceptors (Lipinski definition) is 5. The van der Waals surface area contributed by atoms with E-state index in [1.807, 2.05) is 0 Å². The summed E-state index contributed by atoms with van der Waals surface area (Å²) in [5, 5.41) is 26.0. The van der Waals surface area contributed by atoms with Gasteiger partial charge in [-0.2, -0.15) is 20.5 Å². The maximum absolute atomic E-state index is 11.2. The van der Waals surface area contributed by atoms with Gasteiger partial charge in [0.05, 0.1) is 0 Å². The number of hydrogen-bond donors (Lipinski definition) is 1. The monoisotopic (exact) mass is 306 g/mol. The Balaban J connectivity index is 1.53. The molecular weight excluding hydrogens is 280 g/mol. The number of azo groups is 2. The van der Waals surface area contributed by atoms with E-state index in [0.717, 1.165) is 6.42 Å². The van der Waals surface area contributed by atoms with Crippen LogP contribution in [-0.2, 0) is 4.79 Å². The van der Waals surface area contributed by atoms with Crippen LogP contribution in [-0.4, -0.2) is 23.4 Å². The summed E-state index contributed by atoms with van der Waals surface area (Å²) in [6.45, 7) is 2.23. The zero-order chi connectivity index (χ0) is 15.5. The Hall–Kier alpha value is -1.33. The molecule has 0 amide bonds. The molecule has 0 aromatic carbocycles. The fourth-order valence-electron chi connectivity index (χ4n) is 4.52. The van der Waals surface area contributed by atoms with Gasteiger partial charge in [0.15, 0.2) is 12.3 Å². The third-order valence-corrected chi connectivity index (χ3v) is 5.58. The average molecular weight is 306 g/mol. The molecule has 1 aliphatic carbocycles. The van der Waals surface area contributed by atoms with E-state index in [1.165, 1.54) is 38.5 Å². The third kappa shape index (κ3) is 2.92. The summed E-state index contributed by atoms with van der Waals surface area (Å²) >= 11 is 0. The Morgan fingerprint density at radius 2 is 1.41 bits per heavy atom. The van der Waals surface area contributed by atoms with Gasteiger partial charge in [0.2, 0.25) is 0 Å². The van der Waals surface area contributed by atoms with Gasteiger partial charge in [-0.15, -0.1) is 0 Å². The first-order chi connectivity index (χ1) is 10.7. The van der Waals surface area contributed by atoms with E-state index in [4.69, 9.17) is 0 Å². The molecule has 0 aromatic heterocycles. The van der Waals surface area contributed by atoms with Crippen molar-refractivity contribution in [1.82, 2.24) is 0 Å². The number of carboxylic acid groups (broad SMARTS) is 1. The first-order valence-corrected chi connectivity index (χ1v) is 8.74. The lowest BCUT2D eigenvalue weighted by molar-refractivity contribution is -0.148. The summed E-state index contributed by atoms with van der Waals surface area (Å²) in [6.07, 6.45) is 8.67. The minimum absolute atomic E-state index is 0.134. The molecule has 122 valence electrons. The van der Waals surface area contributed by atoms with Gasteiger partial charge in [-0.3, -0.25) is 4.79 Å². The summed E-state index contributed by atoms with van der Waals surface area (Å²) in [7, 11) is 0. The smallest absolute Gasteiger partial charge is 0.303 e. The highest BCUT2D eigenvalue weighted by atomic mass is 16.4. The van der Waals surface area contributed by atoms with Crippen LogP contribution in [0.3, 0.4) is 0 Å². The van der Waals surface area contributed by atoms with Crippen LogP contribution in [0.1, 0.15) is 58.3 Å². The summed E-state index contributed by atoms with van der Waals surface area (Å²) in [4.78, 5) is 11.2. The van der Waals surface area contributed by atoms with Crippen molar-refractivity contribution in [3.63, 3.8) is 0 Å². The first-order valence-electron chi connectivity index (χ1n) is 8.74. The number of nitrogens with zero attached hydrogens (tertiary/aromatic N) is 4.